The van der Waals surface area contributed by atoms with Crippen LogP contribution < -0.4 is 15.2 Å². The molecule has 0 saturated carbocycles. The number of rotatable bonds is 4. The third kappa shape index (κ3) is 3.66. The fourth-order valence-corrected chi connectivity index (χ4v) is 3.96. The molecule has 1 aliphatic rings. The van der Waals surface area contributed by atoms with Crippen molar-refractivity contribution in [1.29, 1.82) is 5.26 Å². The van der Waals surface area contributed by atoms with Gasteiger partial charge in [0.2, 0.25) is 5.88 Å². The molecular formula is C22H23N5O2. The monoisotopic (exact) mass is 389 g/mol. The number of ether oxygens (including phenoxy) is 1. The summed E-state index contributed by atoms with van der Waals surface area (Å²) in [5.41, 5.74) is 2.46. The lowest BCUT2D eigenvalue weighted by molar-refractivity contribution is 0.104. The average Bonchev–Trinajstić information content (AvgIpc) is 2.77. The summed E-state index contributed by atoms with van der Waals surface area (Å²) in [6, 6.07) is 12.8. The summed E-state index contributed by atoms with van der Waals surface area (Å²) in [5.74, 6) is 0.938. The summed E-state index contributed by atoms with van der Waals surface area (Å²) in [5, 5.41) is 9.26. The maximum absolute atomic E-state index is 12.5. The van der Waals surface area contributed by atoms with E-state index in [9.17, 15) is 10.1 Å². The maximum Gasteiger partial charge on any atom is 0.252 e. The molecule has 0 amide bonds. The molecule has 0 unspecified atom stereocenters. The molecule has 0 N–H and O–H groups in total. The van der Waals surface area contributed by atoms with Crippen LogP contribution in [0.3, 0.4) is 0 Å². The Morgan fingerprint density at radius 3 is 2.90 bits per heavy atom. The number of piperidine rings is 1. The lowest BCUT2D eigenvalue weighted by Gasteiger charge is -2.39. The highest BCUT2D eigenvalue weighted by Gasteiger charge is 2.31. The second-order valence-corrected chi connectivity index (χ2v) is 7.33. The minimum atomic E-state index is -0.0843. The molecule has 7 heteroatoms. The van der Waals surface area contributed by atoms with Crippen LogP contribution in [0.15, 0.2) is 47.4 Å². The van der Waals surface area contributed by atoms with Crippen molar-refractivity contribution in [3.63, 3.8) is 0 Å². The largest absolute Gasteiger partial charge is 0.474 e. The van der Waals surface area contributed by atoms with E-state index in [0.29, 0.717) is 23.0 Å². The predicted molar refractivity (Wildman–Crippen MR) is 111 cm³/mol. The zero-order valence-electron chi connectivity index (χ0n) is 16.6. The van der Waals surface area contributed by atoms with E-state index < -0.39 is 0 Å². The van der Waals surface area contributed by atoms with Crippen LogP contribution in [0.1, 0.15) is 25.5 Å². The first-order valence-corrected chi connectivity index (χ1v) is 9.84. The standard InChI is InChI=1S/C22H23N5O2/c1-3-15-14-27(11-9-19(15)29-20-6-4-5-10-24-20)18-12-21(28)26(2)17-8-7-16(13-23)25-22(17)18/h4-8,10,12,15,19H,3,9,11,14H2,1-2H3/t15-,19-/m1/s1. The summed E-state index contributed by atoms with van der Waals surface area (Å²) in [6.45, 7) is 3.65. The van der Waals surface area contributed by atoms with Gasteiger partial charge in [0, 0.05) is 50.8 Å². The van der Waals surface area contributed by atoms with Crippen LogP contribution in [-0.4, -0.2) is 33.7 Å². The van der Waals surface area contributed by atoms with E-state index in [-0.39, 0.29) is 11.7 Å². The van der Waals surface area contributed by atoms with Gasteiger partial charge in [-0.2, -0.15) is 5.26 Å². The zero-order valence-corrected chi connectivity index (χ0v) is 16.6. The Morgan fingerprint density at radius 1 is 1.31 bits per heavy atom. The molecule has 2 atom stereocenters. The van der Waals surface area contributed by atoms with Crippen LogP contribution in [0.5, 0.6) is 5.88 Å². The van der Waals surface area contributed by atoms with E-state index in [1.54, 1.807) is 36.0 Å². The Labute approximate surface area is 169 Å². The van der Waals surface area contributed by atoms with Crippen molar-refractivity contribution in [2.24, 2.45) is 13.0 Å². The fraction of sp³-hybridized carbons (Fsp3) is 0.364. The van der Waals surface area contributed by atoms with Crippen LogP contribution in [0.25, 0.3) is 11.0 Å². The topological polar surface area (TPSA) is 84.0 Å². The summed E-state index contributed by atoms with van der Waals surface area (Å²) in [7, 11) is 1.73. The van der Waals surface area contributed by atoms with Crippen LogP contribution in [-0.2, 0) is 7.05 Å². The van der Waals surface area contributed by atoms with Gasteiger partial charge in [-0.3, -0.25) is 4.79 Å². The molecule has 0 bridgehead atoms. The first-order chi connectivity index (χ1) is 14.1. The Balaban J connectivity index is 1.66. The van der Waals surface area contributed by atoms with Crippen LogP contribution in [0.2, 0.25) is 0 Å². The molecule has 0 aromatic carbocycles. The van der Waals surface area contributed by atoms with Gasteiger partial charge in [0.1, 0.15) is 23.4 Å². The smallest absolute Gasteiger partial charge is 0.252 e. The Hall–Kier alpha value is -3.40. The molecule has 1 aliphatic heterocycles. The second-order valence-electron chi connectivity index (χ2n) is 7.33. The molecular weight excluding hydrogens is 366 g/mol. The molecule has 3 aromatic heterocycles. The molecule has 4 heterocycles. The van der Waals surface area contributed by atoms with Crippen molar-refractivity contribution >= 4 is 16.7 Å². The molecule has 3 aromatic rings. The number of aryl methyl sites for hydroxylation is 1. The Morgan fingerprint density at radius 2 is 2.17 bits per heavy atom. The number of nitrogens with zero attached hydrogens (tertiary/aromatic N) is 5. The molecule has 29 heavy (non-hydrogen) atoms. The second kappa shape index (κ2) is 7.92. The summed E-state index contributed by atoms with van der Waals surface area (Å²) in [4.78, 5) is 23.5. The van der Waals surface area contributed by atoms with Crippen molar-refractivity contribution in [3.8, 4) is 11.9 Å². The Kier molecular flexibility index (Phi) is 5.17. The quantitative estimate of drug-likeness (QED) is 0.682. The van der Waals surface area contributed by atoms with Gasteiger partial charge < -0.3 is 14.2 Å². The van der Waals surface area contributed by atoms with E-state index in [4.69, 9.17) is 4.74 Å². The van der Waals surface area contributed by atoms with Crippen molar-refractivity contribution in [1.82, 2.24) is 14.5 Å². The van der Waals surface area contributed by atoms with Crippen molar-refractivity contribution < 1.29 is 4.74 Å². The number of anilines is 1. The maximum atomic E-state index is 12.5. The lowest BCUT2D eigenvalue weighted by Crippen LogP contribution is -2.46. The molecule has 1 fully saturated rings. The summed E-state index contributed by atoms with van der Waals surface area (Å²) < 4.78 is 7.72. The number of nitriles is 1. The van der Waals surface area contributed by atoms with Gasteiger partial charge >= 0.3 is 0 Å². The number of hydrogen-bond donors (Lipinski definition) is 0. The lowest BCUT2D eigenvalue weighted by atomic mass is 9.91. The molecule has 0 aliphatic carbocycles. The number of aromatic nitrogens is 3. The van der Waals surface area contributed by atoms with E-state index in [1.807, 2.05) is 18.2 Å². The average molecular weight is 389 g/mol. The van der Waals surface area contributed by atoms with Crippen LogP contribution >= 0.6 is 0 Å². The minimum Gasteiger partial charge on any atom is -0.474 e. The normalized spacial score (nSPS) is 19.1. The first kappa shape index (κ1) is 18.9. The minimum absolute atomic E-state index is 0.0755. The SMILES string of the molecule is CC[C@@H]1CN(c2cc(=O)n(C)c3ccc(C#N)nc23)CC[C@H]1Oc1ccccn1. The molecule has 1 saturated heterocycles. The highest BCUT2D eigenvalue weighted by molar-refractivity contribution is 5.88. The van der Waals surface area contributed by atoms with Crippen molar-refractivity contribution in [2.45, 2.75) is 25.9 Å². The molecule has 0 radical (unpaired) electrons. The van der Waals surface area contributed by atoms with Gasteiger partial charge in [0.05, 0.1) is 11.2 Å². The highest BCUT2D eigenvalue weighted by atomic mass is 16.5. The number of pyridine rings is 3. The van der Waals surface area contributed by atoms with Gasteiger partial charge in [-0.1, -0.05) is 13.0 Å². The fourth-order valence-electron chi connectivity index (χ4n) is 3.96. The predicted octanol–water partition coefficient (Wildman–Crippen LogP) is 2.88. The van der Waals surface area contributed by atoms with Crippen molar-refractivity contribution in [3.05, 3.63) is 58.6 Å². The van der Waals surface area contributed by atoms with Gasteiger partial charge in [0.15, 0.2) is 0 Å². The van der Waals surface area contributed by atoms with E-state index in [2.05, 4.69) is 27.9 Å². The highest BCUT2D eigenvalue weighted by Crippen LogP contribution is 2.31. The molecule has 148 valence electrons. The van der Waals surface area contributed by atoms with Gasteiger partial charge in [-0.25, -0.2) is 9.97 Å². The van der Waals surface area contributed by atoms with E-state index in [0.717, 1.165) is 37.1 Å². The van der Waals surface area contributed by atoms with Gasteiger partial charge in [0.25, 0.3) is 5.56 Å². The summed E-state index contributed by atoms with van der Waals surface area (Å²) in [6.07, 6.45) is 3.58. The summed E-state index contributed by atoms with van der Waals surface area (Å²) >= 11 is 0. The van der Waals surface area contributed by atoms with E-state index in [1.165, 1.54) is 0 Å². The van der Waals surface area contributed by atoms with E-state index >= 15 is 0 Å². The molecule has 4 rings (SSSR count). The van der Waals surface area contributed by atoms with Gasteiger partial charge in [-0.05, 0) is 24.6 Å². The van der Waals surface area contributed by atoms with Gasteiger partial charge in [-0.15, -0.1) is 0 Å². The number of hydrogen-bond acceptors (Lipinski definition) is 6. The third-order valence-corrected chi connectivity index (χ3v) is 5.62. The van der Waals surface area contributed by atoms with Crippen LogP contribution in [0, 0.1) is 17.2 Å². The number of fused-ring (bicyclic) bond motifs is 1. The van der Waals surface area contributed by atoms with Crippen LogP contribution in [0.4, 0.5) is 5.69 Å². The third-order valence-electron chi connectivity index (χ3n) is 5.62. The zero-order chi connectivity index (χ0) is 20.4. The Bertz CT molecular complexity index is 1120. The first-order valence-electron chi connectivity index (χ1n) is 9.84. The molecule has 0 spiro atoms. The molecule has 7 nitrogen and oxygen atoms in total. The van der Waals surface area contributed by atoms with Crippen molar-refractivity contribution in [2.75, 3.05) is 18.0 Å².